The minimum absolute atomic E-state index is 0.0682. The van der Waals surface area contributed by atoms with E-state index in [2.05, 4.69) is 128 Å². The third-order valence-electron chi connectivity index (χ3n) is 15.1. The van der Waals surface area contributed by atoms with Gasteiger partial charge in [0.2, 0.25) is 0 Å². The molecule has 0 bridgehead atoms. The molecule has 0 spiro atoms. The molecule has 3 rings (SSSR count). The van der Waals surface area contributed by atoms with Crippen LogP contribution in [0.5, 0.6) is 0 Å². The van der Waals surface area contributed by atoms with Gasteiger partial charge < -0.3 is 27.9 Å². The fourth-order valence-corrected chi connectivity index (χ4v) is 12.0. The lowest BCUT2D eigenvalue weighted by molar-refractivity contribution is -0.105. The number of rotatable bonds is 15. The van der Waals surface area contributed by atoms with Crippen molar-refractivity contribution in [3.63, 3.8) is 0 Å². The summed E-state index contributed by atoms with van der Waals surface area (Å²) < 4.78 is 34.7. The molecule has 0 aromatic rings. The molecule has 316 valence electrons. The highest BCUT2D eigenvalue weighted by molar-refractivity contribution is 6.75. The SMILES string of the molecule is C[C@@H](OCCC(C)(C)O)C1CCC2/C(=C/C=C3C[C@H](O[Si](C)(C)C(C)(C)C)C(OCCO[Si](C)(C)C(C)(C)C)[C@H](O[Si](C)(C)C(C)(C)C)C3)CCCC21C. The van der Waals surface area contributed by atoms with Crippen molar-refractivity contribution in [3.05, 3.63) is 23.3 Å². The molecule has 0 amide bonds. The Morgan fingerprint density at radius 2 is 1.26 bits per heavy atom. The third-order valence-corrected chi connectivity index (χ3v) is 28.6. The first-order valence-electron chi connectivity index (χ1n) is 21.6. The average Bonchev–Trinajstić information content (AvgIpc) is 3.34. The Labute approximate surface area is 337 Å². The van der Waals surface area contributed by atoms with Crippen LogP contribution in [0.4, 0.5) is 0 Å². The standard InChI is InChI=1S/C45H88O6Si3/c1-33(47-28-27-44(11,12)46)36-24-25-37-35(21-20-26-45(36,37)13)23-22-34-31-38(50-53(16,17)42(5,6)7)40(39(32-34)51-54(18,19)43(8,9)10)48-29-30-49-52(14,15)41(2,3)4/h22-23,33,36-40,46H,20-21,24-32H2,1-19H3/b34-22?,35-23+/t33-,36?,37?,38-,39+,40?,45?/m1/s1. The summed E-state index contributed by atoms with van der Waals surface area (Å²) in [6.07, 6.45) is 13.4. The molecule has 3 aliphatic carbocycles. The molecule has 0 radical (unpaired) electrons. The zero-order valence-corrected chi connectivity index (χ0v) is 41.9. The zero-order chi connectivity index (χ0) is 41.3. The van der Waals surface area contributed by atoms with Crippen molar-refractivity contribution >= 4 is 25.0 Å². The van der Waals surface area contributed by atoms with Crippen LogP contribution in [0, 0.1) is 17.3 Å². The summed E-state index contributed by atoms with van der Waals surface area (Å²) in [5, 5.41) is 10.6. The maximum absolute atomic E-state index is 10.2. The van der Waals surface area contributed by atoms with E-state index in [0.717, 1.165) is 12.8 Å². The van der Waals surface area contributed by atoms with Crippen LogP contribution in [0.15, 0.2) is 23.3 Å². The van der Waals surface area contributed by atoms with Gasteiger partial charge in [-0.3, -0.25) is 0 Å². The second-order valence-electron chi connectivity index (χ2n) is 23.0. The van der Waals surface area contributed by atoms with E-state index in [1.54, 1.807) is 5.57 Å². The molecule has 0 aliphatic heterocycles. The number of aliphatic hydroxyl groups is 1. The lowest BCUT2D eigenvalue weighted by Gasteiger charge is -2.48. The highest BCUT2D eigenvalue weighted by Gasteiger charge is 2.52. The molecule has 6 nitrogen and oxygen atoms in total. The molecule has 9 heteroatoms. The minimum Gasteiger partial charge on any atom is -0.414 e. The molecular weight excluding hydrogens is 721 g/mol. The van der Waals surface area contributed by atoms with Crippen molar-refractivity contribution in [2.75, 3.05) is 19.8 Å². The van der Waals surface area contributed by atoms with Crippen molar-refractivity contribution in [3.8, 4) is 0 Å². The van der Waals surface area contributed by atoms with Crippen molar-refractivity contribution in [1.82, 2.24) is 0 Å². The van der Waals surface area contributed by atoms with Crippen molar-refractivity contribution < 1.29 is 27.9 Å². The van der Waals surface area contributed by atoms with Crippen molar-refractivity contribution in [2.24, 2.45) is 17.3 Å². The van der Waals surface area contributed by atoms with Gasteiger partial charge in [0.1, 0.15) is 6.10 Å². The average molecular weight is 809 g/mol. The van der Waals surface area contributed by atoms with Crippen molar-refractivity contribution in [1.29, 1.82) is 0 Å². The lowest BCUT2D eigenvalue weighted by atomic mass is 9.62. The molecule has 3 aliphatic rings. The Morgan fingerprint density at radius 3 is 1.74 bits per heavy atom. The first-order chi connectivity index (χ1) is 24.3. The lowest BCUT2D eigenvalue weighted by Crippen LogP contribution is -2.56. The second kappa shape index (κ2) is 17.6. The van der Waals surface area contributed by atoms with Gasteiger partial charge in [-0.2, -0.15) is 0 Å². The predicted octanol–water partition coefficient (Wildman–Crippen LogP) is 12.6. The van der Waals surface area contributed by atoms with Gasteiger partial charge in [-0.15, -0.1) is 0 Å². The van der Waals surface area contributed by atoms with Gasteiger partial charge in [0.05, 0.1) is 37.1 Å². The van der Waals surface area contributed by atoms with Gasteiger partial charge >= 0.3 is 0 Å². The highest BCUT2D eigenvalue weighted by atomic mass is 28.4. The van der Waals surface area contributed by atoms with Crippen LogP contribution < -0.4 is 0 Å². The summed E-state index contributed by atoms with van der Waals surface area (Å²) in [6, 6.07) is 0. The normalized spacial score (nSPS) is 30.3. The first-order valence-corrected chi connectivity index (χ1v) is 30.4. The van der Waals surface area contributed by atoms with Gasteiger partial charge in [0.15, 0.2) is 25.0 Å². The van der Waals surface area contributed by atoms with E-state index in [4.69, 9.17) is 22.8 Å². The second-order valence-corrected chi connectivity index (χ2v) is 37.3. The molecule has 0 aromatic carbocycles. The van der Waals surface area contributed by atoms with Crippen LogP contribution in [0.25, 0.3) is 0 Å². The first kappa shape index (κ1) is 48.3. The van der Waals surface area contributed by atoms with Crippen LogP contribution in [0.3, 0.4) is 0 Å². The highest BCUT2D eigenvalue weighted by Crippen LogP contribution is 2.59. The molecule has 3 fully saturated rings. The summed E-state index contributed by atoms with van der Waals surface area (Å²) in [5.41, 5.74) is 2.60. The van der Waals surface area contributed by atoms with Crippen LogP contribution in [-0.4, -0.2) is 79.9 Å². The predicted molar refractivity (Wildman–Crippen MR) is 237 cm³/mol. The van der Waals surface area contributed by atoms with Gasteiger partial charge in [0, 0.05) is 6.61 Å². The summed E-state index contributed by atoms with van der Waals surface area (Å²) in [6.45, 7) is 45.4. The van der Waals surface area contributed by atoms with Crippen LogP contribution >= 0.6 is 0 Å². The summed E-state index contributed by atoms with van der Waals surface area (Å²) in [4.78, 5) is 0. The van der Waals surface area contributed by atoms with Gasteiger partial charge in [-0.05, 0) is 144 Å². The van der Waals surface area contributed by atoms with E-state index in [0.29, 0.717) is 38.1 Å². The molecule has 1 N–H and O–H groups in total. The number of hydrogen-bond donors (Lipinski definition) is 1. The quantitative estimate of drug-likeness (QED) is 0.131. The number of fused-ring (bicyclic) bond motifs is 1. The maximum Gasteiger partial charge on any atom is 0.192 e. The smallest absolute Gasteiger partial charge is 0.192 e. The Balaban J connectivity index is 1.95. The molecule has 0 heterocycles. The molecule has 7 atom stereocenters. The fraction of sp³-hybridized carbons (Fsp3) is 0.911. The van der Waals surface area contributed by atoms with Crippen LogP contribution in [0.1, 0.15) is 141 Å². The molecule has 3 saturated carbocycles. The maximum atomic E-state index is 10.2. The van der Waals surface area contributed by atoms with E-state index >= 15 is 0 Å². The summed E-state index contributed by atoms with van der Waals surface area (Å²) >= 11 is 0. The molecular formula is C45H88O6Si3. The van der Waals surface area contributed by atoms with E-state index in [9.17, 15) is 5.11 Å². The Hall–Kier alpha value is -0.109. The number of allylic oxidation sites excluding steroid dienone is 3. The molecule has 0 saturated heterocycles. The summed E-state index contributed by atoms with van der Waals surface area (Å²) in [5.74, 6) is 1.13. The van der Waals surface area contributed by atoms with Gasteiger partial charge in [-0.1, -0.05) is 92.5 Å². The molecule has 4 unspecified atom stereocenters. The van der Waals surface area contributed by atoms with Crippen molar-refractivity contribution in [2.45, 2.75) is 226 Å². The largest absolute Gasteiger partial charge is 0.414 e. The molecule has 0 aromatic heterocycles. The van der Waals surface area contributed by atoms with E-state index in [1.807, 2.05) is 13.8 Å². The Morgan fingerprint density at radius 1 is 0.741 bits per heavy atom. The zero-order valence-electron chi connectivity index (χ0n) is 38.9. The molecule has 54 heavy (non-hydrogen) atoms. The Kier molecular flexibility index (Phi) is 15.8. The number of hydrogen-bond acceptors (Lipinski definition) is 6. The van der Waals surface area contributed by atoms with Crippen LogP contribution in [-0.2, 0) is 22.8 Å². The minimum atomic E-state index is -2.13. The van der Waals surface area contributed by atoms with Crippen LogP contribution in [0.2, 0.25) is 54.4 Å². The Bertz CT molecular complexity index is 1240. The van der Waals surface area contributed by atoms with Gasteiger partial charge in [-0.25, -0.2) is 0 Å². The monoisotopic (exact) mass is 809 g/mol. The topological polar surface area (TPSA) is 66.4 Å². The third kappa shape index (κ3) is 12.2. The van der Waals surface area contributed by atoms with E-state index in [-0.39, 0.29) is 44.9 Å². The summed E-state index contributed by atoms with van der Waals surface area (Å²) in [7, 11) is -6.15. The fourth-order valence-electron chi connectivity index (χ4n) is 8.33. The van der Waals surface area contributed by atoms with E-state index in [1.165, 1.54) is 37.7 Å². The number of ether oxygens (including phenoxy) is 2. The van der Waals surface area contributed by atoms with Gasteiger partial charge in [0.25, 0.3) is 0 Å². The van der Waals surface area contributed by atoms with E-state index < -0.39 is 30.6 Å².